The summed E-state index contributed by atoms with van der Waals surface area (Å²) in [5, 5.41) is 8.87. The summed E-state index contributed by atoms with van der Waals surface area (Å²) in [6, 6.07) is 16.6. The normalized spacial score (nSPS) is 23.2. The molecule has 0 unspecified atom stereocenters. The van der Waals surface area contributed by atoms with Gasteiger partial charge in [-0.15, -0.1) is 0 Å². The maximum atomic E-state index is 13.7. The van der Waals surface area contributed by atoms with Crippen molar-refractivity contribution in [2.24, 2.45) is 17.8 Å². The average molecular weight is 744 g/mol. The molecule has 2 heterocycles. The summed E-state index contributed by atoms with van der Waals surface area (Å²) in [4.78, 5) is 70.3. The number of rotatable bonds is 20. The van der Waals surface area contributed by atoms with Crippen LogP contribution in [0.5, 0.6) is 0 Å². The summed E-state index contributed by atoms with van der Waals surface area (Å²) >= 11 is 0. The molecule has 294 valence electrons. The van der Waals surface area contributed by atoms with Crippen LogP contribution in [0.1, 0.15) is 117 Å². The summed E-state index contributed by atoms with van der Waals surface area (Å²) < 4.78 is 6.25. The fraction of sp³-hybridized carbons (Fsp3) is 0.605. The van der Waals surface area contributed by atoms with E-state index in [9.17, 15) is 24.0 Å². The average Bonchev–Trinajstić information content (AvgIpc) is 3.59. The number of hydrogen-bond donors (Lipinski definition) is 3. The first kappa shape index (κ1) is 40.9. The number of unbranched alkanes of at least 4 members (excludes halogenated alkanes) is 8. The van der Waals surface area contributed by atoms with Crippen LogP contribution in [-0.4, -0.2) is 97.9 Å². The van der Waals surface area contributed by atoms with Gasteiger partial charge in [-0.25, -0.2) is 0 Å². The topological polar surface area (TPSA) is 137 Å². The molecule has 2 aliphatic heterocycles. The Morgan fingerprint density at radius 2 is 1.20 bits per heavy atom. The zero-order chi connectivity index (χ0) is 38.5. The molecule has 2 aromatic carbocycles. The number of nitrogens with one attached hydrogen (secondary N) is 3. The van der Waals surface area contributed by atoms with Crippen LogP contribution < -0.4 is 16.0 Å². The fourth-order valence-electron chi connectivity index (χ4n) is 7.89. The number of nitrogens with zero attached hydrogens (tertiary/aromatic N) is 2. The number of carbonyl (C=O) groups is 5. The lowest BCUT2D eigenvalue weighted by atomic mass is 9.94. The van der Waals surface area contributed by atoms with E-state index in [0.717, 1.165) is 44.9 Å². The molecule has 0 spiro atoms. The predicted molar refractivity (Wildman–Crippen MR) is 209 cm³/mol. The molecule has 11 nitrogen and oxygen atoms in total. The first-order valence-electron chi connectivity index (χ1n) is 20.4. The van der Waals surface area contributed by atoms with Gasteiger partial charge in [0.25, 0.3) is 11.8 Å². The van der Waals surface area contributed by atoms with Gasteiger partial charge >= 0.3 is 0 Å². The molecule has 0 radical (unpaired) electrons. The zero-order valence-electron chi connectivity index (χ0n) is 32.5. The minimum atomic E-state index is -0.667. The molecular formula is C43H61N5O6. The number of likely N-dealkylation sites (tertiary alicyclic amines) is 2. The zero-order valence-corrected chi connectivity index (χ0v) is 32.5. The molecule has 0 aromatic heterocycles. The van der Waals surface area contributed by atoms with Gasteiger partial charge in [-0.1, -0.05) is 95.5 Å². The molecule has 2 saturated heterocycles. The van der Waals surface area contributed by atoms with Gasteiger partial charge in [0.05, 0.1) is 23.9 Å². The highest BCUT2D eigenvalue weighted by molar-refractivity contribution is 5.99. The Morgan fingerprint density at radius 1 is 0.648 bits per heavy atom. The lowest BCUT2D eigenvalue weighted by molar-refractivity contribution is -0.132. The number of benzene rings is 2. The fourth-order valence-corrected chi connectivity index (χ4v) is 7.89. The van der Waals surface area contributed by atoms with Crippen LogP contribution in [0.3, 0.4) is 0 Å². The van der Waals surface area contributed by atoms with Gasteiger partial charge in [0, 0.05) is 69.5 Å². The molecule has 11 heteroatoms. The Bertz CT molecular complexity index is 1550. The molecule has 5 amide bonds. The van der Waals surface area contributed by atoms with Gasteiger partial charge in [0.15, 0.2) is 0 Å². The van der Waals surface area contributed by atoms with Crippen molar-refractivity contribution in [3.05, 3.63) is 71.3 Å². The number of amides is 5. The van der Waals surface area contributed by atoms with Crippen LogP contribution in [0.4, 0.5) is 0 Å². The van der Waals surface area contributed by atoms with Gasteiger partial charge in [0.1, 0.15) is 0 Å². The van der Waals surface area contributed by atoms with Crippen molar-refractivity contribution in [3.63, 3.8) is 0 Å². The second-order valence-electron chi connectivity index (χ2n) is 15.3. The molecular weight excluding hydrogens is 683 g/mol. The molecule has 5 rings (SSSR count). The van der Waals surface area contributed by atoms with Crippen molar-refractivity contribution in [2.75, 3.05) is 46.4 Å². The summed E-state index contributed by atoms with van der Waals surface area (Å²) in [6.07, 6.45) is 11.5. The first-order valence-corrected chi connectivity index (χ1v) is 20.4. The molecule has 3 fully saturated rings. The standard InChI is InChI=1S/C43H61N5O6/c1-4-6-8-10-15-23-45-40(50)36-28-48(29-38(36)54-24-16-11-9-7-5-2)43(53)32-21-19-31(20-22-32)42(52)47-26-34(39(49)44-3)35(27-47)41(51)46-37-25-33(37)30-17-13-12-14-18-30/h12-14,17-22,33-38H,4-11,15-16,23-29H2,1-3H3,(H,44,49)(H,45,50)(H,46,51)/t33-,34-,35-,36-,37+,38+/m1/s1. The molecule has 3 N–H and O–H groups in total. The third-order valence-corrected chi connectivity index (χ3v) is 11.3. The molecule has 0 bridgehead atoms. The van der Waals surface area contributed by atoms with Crippen molar-refractivity contribution in [2.45, 2.75) is 103 Å². The van der Waals surface area contributed by atoms with Gasteiger partial charge in [-0.3, -0.25) is 24.0 Å². The number of carbonyl (C=O) groups excluding carboxylic acids is 5. The van der Waals surface area contributed by atoms with E-state index < -0.39 is 17.8 Å². The largest absolute Gasteiger partial charge is 0.375 e. The van der Waals surface area contributed by atoms with Gasteiger partial charge in [-0.05, 0) is 49.1 Å². The Balaban J connectivity index is 1.17. The molecule has 2 aromatic rings. The number of ether oxygens (including phenoxy) is 1. The van der Waals surface area contributed by atoms with Gasteiger partial charge < -0.3 is 30.5 Å². The van der Waals surface area contributed by atoms with Crippen molar-refractivity contribution < 1.29 is 28.7 Å². The Labute approximate surface area is 321 Å². The van der Waals surface area contributed by atoms with E-state index in [2.05, 4.69) is 41.9 Å². The van der Waals surface area contributed by atoms with Crippen molar-refractivity contribution in [1.29, 1.82) is 0 Å². The lowest BCUT2D eigenvalue weighted by Crippen LogP contribution is -2.41. The Morgan fingerprint density at radius 3 is 1.81 bits per heavy atom. The van der Waals surface area contributed by atoms with E-state index in [0.29, 0.717) is 30.8 Å². The Kier molecular flexibility index (Phi) is 15.5. The molecule has 1 aliphatic carbocycles. The minimum absolute atomic E-state index is 0.0121. The van der Waals surface area contributed by atoms with Crippen LogP contribution in [0.25, 0.3) is 0 Å². The summed E-state index contributed by atoms with van der Waals surface area (Å²) in [6.45, 7) is 6.39. The second kappa shape index (κ2) is 20.4. The predicted octanol–water partition coefficient (Wildman–Crippen LogP) is 5.31. The Hall–Kier alpha value is -4.25. The summed E-state index contributed by atoms with van der Waals surface area (Å²) in [7, 11) is 1.54. The SMILES string of the molecule is CCCCCCCNC(=O)[C@@H]1CN(C(=O)c2ccc(C(=O)N3C[C@@H](C(=O)NC)[C@H](C(=O)N[C@H]4C[C@@H]4c4ccccc4)C3)cc2)C[C@@H]1OCCCCCCC. The van der Waals surface area contributed by atoms with Crippen LogP contribution in [0.2, 0.25) is 0 Å². The van der Waals surface area contributed by atoms with E-state index in [4.69, 9.17) is 4.74 Å². The van der Waals surface area contributed by atoms with Crippen LogP contribution in [0, 0.1) is 17.8 Å². The first-order chi connectivity index (χ1) is 26.2. The highest BCUT2D eigenvalue weighted by atomic mass is 16.5. The quantitative estimate of drug-likeness (QED) is 0.158. The van der Waals surface area contributed by atoms with E-state index in [-0.39, 0.29) is 67.2 Å². The maximum Gasteiger partial charge on any atom is 0.253 e. The molecule has 6 atom stereocenters. The maximum absolute atomic E-state index is 13.7. The van der Waals surface area contributed by atoms with E-state index in [1.165, 1.54) is 38.3 Å². The second-order valence-corrected chi connectivity index (χ2v) is 15.3. The van der Waals surface area contributed by atoms with E-state index >= 15 is 0 Å². The third-order valence-electron chi connectivity index (χ3n) is 11.3. The summed E-state index contributed by atoms with van der Waals surface area (Å²) in [5.41, 5.74) is 1.97. The van der Waals surface area contributed by atoms with Crippen LogP contribution >= 0.6 is 0 Å². The van der Waals surface area contributed by atoms with Gasteiger partial charge in [0.2, 0.25) is 17.7 Å². The van der Waals surface area contributed by atoms with Crippen molar-refractivity contribution in [1.82, 2.24) is 25.8 Å². The highest BCUT2D eigenvalue weighted by Crippen LogP contribution is 2.41. The smallest absolute Gasteiger partial charge is 0.253 e. The van der Waals surface area contributed by atoms with Crippen molar-refractivity contribution in [3.8, 4) is 0 Å². The number of hydrogen-bond acceptors (Lipinski definition) is 6. The molecule has 1 saturated carbocycles. The van der Waals surface area contributed by atoms with Crippen LogP contribution in [-0.2, 0) is 19.1 Å². The minimum Gasteiger partial charge on any atom is -0.375 e. The monoisotopic (exact) mass is 743 g/mol. The van der Waals surface area contributed by atoms with Crippen LogP contribution in [0.15, 0.2) is 54.6 Å². The van der Waals surface area contributed by atoms with Gasteiger partial charge in [-0.2, -0.15) is 0 Å². The summed E-state index contributed by atoms with van der Waals surface area (Å²) in [5.74, 6) is -2.60. The highest BCUT2D eigenvalue weighted by Gasteiger charge is 2.47. The van der Waals surface area contributed by atoms with Crippen molar-refractivity contribution >= 4 is 29.5 Å². The molecule has 54 heavy (non-hydrogen) atoms. The molecule has 3 aliphatic rings. The van der Waals surface area contributed by atoms with E-state index in [1.54, 1.807) is 34.1 Å². The third kappa shape index (κ3) is 10.9. The lowest BCUT2D eigenvalue weighted by Gasteiger charge is -2.18. The van der Waals surface area contributed by atoms with E-state index in [1.807, 2.05) is 18.2 Å².